The van der Waals surface area contributed by atoms with Crippen LogP contribution in [0.2, 0.25) is 0 Å². The summed E-state index contributed by atoms with van der Waals surface area (Å²) in [5.74, 6) is -0.377. The third-order valence-corrected chi connectivity index (χ3v) is 6.36. The molecule has 0 saturated heterocycles. The van der Waals surface area contributed by atoms with E-state index >= 15 is 0 Å². The number of nitrogens with one attached hydrogen (secondary N) is 2. The molecule has 162 valence electrons. The minimum Gasteiger partial charge on any atom is -0.388 e. The molecule has 0 aliphatic rings. The zero-order valence-corrected chi connectivity index (χ0v) is 18.1. The molecule has 0 aromatic heterocycles. The van der Waals surface area contributed by atoms with Gasteiger partial charge in [-0.2, -0.15) is 0 Å². The molecule has 0 radical (unpaired) electrons. The van der Waals surface area contributed by atoms with Crippen molar-refractivity contribution in [1.29, 1.82) is 0 Å². The van der Waals surface area contributed by atoms with E-state index < -0.39 is 16.1 Å². The van der Waals surface area contributed by atoms with Crippen LogP contribution in [-0.4, -0.2) is 26.0 Å². The topological polar surface area (TPSA) is 95.5 Å². The van der Waals surface area contributed by atoms with Crippen LogP contribution in [0.3, 0.4) is 0 Å². The number of hydrogen-bond acceptors (Lipinski definition) is 4. The first-order valence-corrected chi connectivity index (χ1v) is 11.5. The predicted octanol–water partition coefficient (Wildman–Crippen LogP) is 3.33. The molecule has 1 unspecified atom stereocenters. The molecule has 6 nitrogen and oxygen atoms in total. The number of benzene rings is 3. The highest BCUT2D eigenvalue weighted by Gasteiger charge is 2.18. The van der Waals surface area contributed by atoms with E-state index in [4.69, 9.17) is 0 Å². The molecule has 3 rings (SSSR count). The number of aliphatic hydroxyl groups is 1. The molecular weight excluding hydrogens is 412 g/mol. The van der Waals surface area contributed by atoms with Crippen LogP contribution < -0.4 is 10.0 Å². The maximum absolute atomic E-state index is 12.7. The lowest BCUT2D eigenvalue weighted by Gasteiger charge is -2.13. The van der Waals surface area contributed by atoms with E-state index in [0.29, 0.717) is 12.0 Å². The number of amides is 1. The van der Waals surface area contributed by atoms with Crippen molar-refractivity contribution < 1.29 is 18.3 Å². The Kier molecular flexibility index (Phi) is 7.57. The van der Waals surface area contributed by atoms with Crippen molar-refractivity contribution >= 4 is 15.9 Å². The summed E-state index contributed by atoms with van der Waals surface area (Å²) >= 11 is 0. The van der Waals surface area contributed by atoms with Crippen molar-refractivity contribution in [2.45, 2.75) is 30.9 Å². The van der Waals surface area contributed by atoms with Gasteiger partial charge in [0.1, 0.15) is 0 Å². The van der Waals surface area contributed by atoms with Gasteiger partial charge in [0, 0.05) is 18.7 Å². The van der Waals surface area contributed by atoms with Crippen molar-refractivity contribution in [1.82, 2.24) is 10.0 Å². The van der Waals surface area contributed by atoms with Crippen LogP contribution in [0.15, 0.2) is 83.8 Å². The number of rotatable bonds is 9. The van der Waals surface area contributed by atoms with Gasteiger partial charge < -0.3 is 10.4 Å². The van der Waals surface area contributed by atoms with Crippen molar-refractivity contribution in [3.63, 3.8) is 0 Å². The third kappa shape index (κ3) is 6.24. The summed E-state index contributed by atoms with van der Waals surface area (Å²) in [5, 5.41) is 13.0. The molecular formula is C24H26N2O4S. The normalized spacial score (nSPS) is 12.3. The maximum atomic E-state index is 12.7. The van der Waals surface area contributed by atoms with Crippen LogP contribution in [0.25, 0.3) is 0 Å². The lowest BCUT2D eigenvalue weighted by Crippen LogP contribution is -2.27. The Morgan fingerprint density at radius 3 is 2.29 bits per heavy atom. The molecule has 0 spiro atoms. The molecule has 0 heterocycles. The van der Waals surface area contributed by atoms with Gasteiger partial charge in [-0.25, -0.2) is 13.1 Å². The van der Waals surface area contributed by atoms with E-state index in [2.05, 4.69) is 10.0 Å². The fraction of sp³-hybridized carbons (Fsp3) is 0.208. The molecule has 0 fully saturated rings. The second-order valence-electron chi connectivity index (χ2n) is 7.26. The minimum absolute atomic E-state index is 0.0310. The number of hydrogen-bond donors (Lipinski definition) is 3. The summed E-state index contributed by atoms with van der Waals surface area (Å²) in [6.45, 7) is 2.18. The fourth-order valence-corrected chi connectivity index (χ4v) is 4.17. The fourth-order valence-electron chi connectivity index (χ4n) is 3.13. The van der Waals surface area contributed by atoms with Gasteiger partial charge in [-0.05, 0) is 42.2 Å². The van der Waals surface area contributed by atoms with Crippen molar-refractivity contribution in [2.75, 3.05) is 6.54 Å². The highest BCUT2D eigenvalue weighted by molar-refractivity contribution is 7.89. The SMILES string of the molecule is Cc1ccc(S(=O)(=O)NCc2ccccc2)cc1C(=O)NCCC(O)c1ccccc1. The number of aryl methyl sites for hydroxylation is 1. The molecule has 7 heteroatoms. The predicted molar refractivity (Wildman–Crippen MR) is 120 cm³/mol. The van der Waals surface area contributed by atoms with Crippen LogP contribution >= 0.6 is 0 Å². The maximum Gasteiger partial charge on any atom is 0.251 e. The first-order valence-electron chi connectivity index (χ1n) is 10.0. The molecule has 0 saturated carbocycles. The lowest BCUT2D eigenvalue weighted by molar-refractivity contribution is 0.0942. The van der Waals surface area contributed by atoms with E-state index in [9.17, 15) is 18.3 Å². The molecule has 3 N–H and O–H groups in total. The van der Waals surface area contributed by atoms with Crippen LogP contribution in [0.1, 0.15) is 39.6 Å². The van der Waals surface area contributed by atoms with Gasteiger partial charge in [-0.3, -0.25) is 4.79 Å². The molecule has 3 aromatic rings. The number of sulfonamides is 1. The first kappa shape index (κ1) is 22.7. The molecule has 3 aromatic carbocycles. The van der Waals surface area contributed by atoms with Crippen molar-refractivity contribution in [2.24, 2.45) is 0 Å². The lowest BCUT2D eigenvalue weighted by atomic mass is 10.1. The second-order valence-corrected chi connectivity index (χ2v) is 9.02. The molecule has 1 amide bonds. The smallest absolute Gasteiger partial charge is 0.251 e. The number of carbonyl (C=O) groups is 1. The van der Waals surface area contributed by atoms with E-state index in [1.165, 1.54) is 12.1 Å². The van der Waals surface area contributed by atoms with Gasteiger partial charge in [0.2, 0.25) is 10.0 Å². The van der Waals surface area contributed by atoms with E-state index in [0.717, 1.165) is 11.1 Å². The highest BCUT2D eigenvalue weighted by Crippen LogP contribution is 2.18. The number of aliphatic hydroxyl groups excluding tert-OH is 1. The first-order chi connectivity index (χ1) is 14.9. The van der Waals surface area contributed by atoms with E-state index in [1.807, 2.05) is 60.7 Å². The Bertz CT molecular complexity index is 1120. The summed E-state index contributed by atoms with van der Waals surface area (Å²) in [6.07, 6.45) is -0.331. The third-order valence-electron chi connectivity index (χ3n) is 4.96. The van der Waals surface area contributed by atoms with Crippen LogP contribution in [0.4, 0.5) is 0 Å². The van der Waals surface area contributed by atoms with Gasteiger partial charge in [0.15, 0.2) is 0 Å². The van der Waals surface area contributed by atoms with Crippen molar-refractivity contribution in [3.05, 3.63) is 101 Å². The van der Waals surface area contributed by atoms with Gasteiger partial charge in [-0.1, -0.05) is 66.7 Å². The average Bonchev–Trinajstić information content (AvgIpc) is 2.79. The summed E-state index contributed by atoms with van der Waals surface area (Å²) in [4.78, 5) is 12.7. The van der Waals surface area contributed by atoms with E-state index in [-0.39, 0.29) is 29.5 Å². The Morgan fingerprint density at radius 1 is 0.968 bits per heavy atom. The average molecular weight is 439 g/mol. The summed E-state index contributed by atoms with van der Waals surface area (Å²) in [7, 11) is -3.77. The Balaban J connectivity index is 1.63. The van der Waals surface area contributed by atoms with Gasteiger partial charge >= 0.3 is 0 Å². The highest BCUT2D eigenvalue weighted by atomic mass is 32.2. The van der Waals surface area contributed by atoms with Gasteiger partial charge in [-0.15, -0.1) is 0 Å². The molecule has 0 bridgehead atoms. The standard InChI is InChI=1S/C24H26N2O4S/c1-18-12-13-21(31(29,30)26-17-19-8-4-2-5-9-19)16-22(18)24(28)25-15-14-23(27)20-10-6-3-7-11-20/h2-13,16,23,26-27H,14-15,17H2,1H3,(H,25,28). The van der Waals surface area contributed by atoms with E-state index in [1.54, 1.807) is 13.0 Å². The zero-order chi connectivity index (χ0) is 22.3. The van der Waals surface area contributed by atoms with Crippen LogP contribution in [0, 0.1) is 6.92 Å². The Labute approximate surface area is 183 Å². The van der Waals surface area contributed by atoms with Gasteiger partial charge in [0.25, 0.3) is 5.91 Å². The second kappa shape index (κ2) is 10.3. The quantitative estimate of drug-likeness (QED) is 0.478. The summed E-state index contributed by atoms with van der Waals surface area (Å²) in [6, 6.07) is 22.9. The van der Waals surface area contributed by atoms with Crippen LogP contribution in [0.5, 0.6) is 0 Å². The molecule has 31 heavy (non-hydrogen) atoms. The van der Waals surface area contributed by atoms with Crippen molar-refractivity contribution in [3.8, 4) is 0 Å². The molecule has 1 atom stereocenters. The summed E-state index contributed by atoms with van der Waals surface area (Å²) in [5.41, 5.74) is 2.58. The largest absolute Gasteiger partial charge is 0.388 e. The monoisotopic (exact) mass is 438 g/mol. The van der Waals surface area contributed by atoms with Crippen LogP contribution in [-0.2, 0) is 16.6 Å². The molecule has 0 aliphatic carbocycles. The zero-order valence-electron chi connectivity index (χ0n) is 17.3. The Morgan fingerprint density at radius 2 is 1.61 bits per heavy atom. The van der Waals surface area contributed by atoms with Gasteiger partial charge in [0.05, 0.1) is 11.0 Å². The summed E-state index contributed by atoms with van der Waals surface area (Å²) < 4.78 is 27.9. The number of carbonyl (C=O) groups excluding carboxylic acids is 1. The minimum atomic E-state index is -3.77. The Hall–Kier alpha value is -3.00. The molecule has 0 aliphatic heterocycles.